The Morgan fingerprint density at radius 3 is 1.18 bits per heavy atom. The Hall–Kier alpha value is -2.01. The Morgan fingerprint density at radius 1 is 0.643 bits per heavy atom. The van der Waals surface area contributed by atoms with E-state index in [4.69, 9.17) is 10.2 Å². The van der Waals surface area contributed by atoms with Crippen LogP contribution in [0.3, 0.4) is 0 Å². The summed E-state index contributed by atoms with van der Waals surface area (Å²) in [7, 11) is 0. The highest BCUT2D eigenvalue weighted by Crippen LogP contribution is 2.02. The van der Waals surface area contributed by atoms with Gasteiger partial charge in [-0.3, -0.25) is 34.0 Å². The van der Waals surface area contributed by atoms with Gasteiger partial charge in [-0.25, -0.2) is 0 Å². The second-order valence-corrected chi connectivity index (χ2v) is 7.16. The molecule has 0 atom stereocenters. The largest absolute Gasteiger partial charge is 0.512 e. The average molecular weight is 400 g/mol. The highest BCUT2D eigenvalue weighted by atomic mass is 16.4. The first kappa shape index (κ1) is 24.0. The van der Waals surface area contributed by atoms with Crippen LogP contribution >= 0.6 is 0 Å². The molecule has 0 aromatic carbocycles. The number of aliphatic hydroxyl groups excluding tert-OH is 1. The van der Waals surface area contributed by atoms with Crippen molar-refractivity contribution in [1.82, 2.24) is 19.6 Å². The maximum Gasteiger partial charge on any atom is 0.317 e. The summed E-state index contributed by atoms with van der Waals surface area (Å²) in [6.45, 7) is 9.27. The van der Waals surface area contributed by atoms with E-state index in [9.17, 15) is 19.5 Å². The van der Waals surface area contributed by atoms with E-state index in [0.29, 0.717) is 52.4 Å². The third-order valence-corrected chi connectivity index (χ3v) is 4.50. The Labute approximate surface area is 165 Å². The summed E-state index contributed by atoms with van der Waals surface area (Å²) >= 11 is 0. The van der Waals surface area contributed by atoms with Crippen molar-refractivity contribution in [2.45, 2.75) is 6.92 Å². The highest BCUT2D eigenvalue weighted by Gasteiger charge is 2.19. The van der Waals surface area contributed by atoms with Crippen molar-refractivity contribution >= 4 is 17.7 Å². The Balaban J connectivity index is 2.90. The Bertz CT molecular complexity index is 444. The smallest absolute Gasteiger partial charge is 0.317 e. The molecule has 1 aliphatic heterocycles. The number of nitrogens with zero attached hydrogens (tertiary/aromatic N) is 4. The predicted molar refractivity (Wildman–Crippen MR) is 103 cm³/mol. The molecule has 160 valence electrons. The van der Waals surface area contributed by atoms with Gasteiger partial charge in [-0.2, -0.15) is 0 Å². The summed E-state index contributed by atoms with van der Waals surface area (Å²) in [5, 5.41) is 27.9. The lowest BCUT2D eigenvalue weighted by atomic mass is 10.3. The van der Waals surface area contributed by atoms with Gasteiger partial charge in [-0.1, -0.05) is 6.58 Å². The zero-order chi connectivity index (χ0) is 21.1. The van der Waals surface area contributed by atoms with Gasteiger partial charge < -0.3 is 15.3 Å². The SMILES string of the molecule is C=C(O)CN1CCN(CC(=O)O)CCN(CC(C)=O)CCN(CC(=O)O)CC1. The van der Waals surface area contributed by atoms with Crippen LogP contribution in [-0.4, -0.2) is 131 Å². The quantitative estimate of drug-likeness (QED) is 0.439. The van der Waals surface area contributed by atoms with Crippen molar-refractivity contribution in [2.24, 2.45) is 0 Å². The van der Waals surface area contributed by atoms with E-state index in [-0.39, 0.29) is 37.7 Å². The van der Waals surface area contributed by atoms with Crippen LogP contribution in [0.4, 0.5) is 0 Å². The number of ketones is 1. The van der Waals surface area contributed by atoms with Gasteiger partial charge in [-0.05, 0) is 6.92 Å². The maximum absolute atomic E-state index is 11.6. The molecule has 3 N–H and O–H groups in total. The number of carboxylic acids is 2. The van der Waals surface area contributed by atoms with Crippen molar-refractivity contribution < 1.29 is 29.7 Å². The number of aliphatic hydroxyl groups is 1. The van der Waals surface area contributed by atoms with Gasteiger partial charge in [0.1, 0.15) is 5.78 Å². The number of carbonyl (C=O) groups excluding carboxylic acids is 1. The van der Waals surface area contributed by atoms with Gasteiger partial charge in [0, 0.05) is 52.4 Å². The number of hydrogen-bond acceptors (Lipinski definition) is 8. The van der Waals surface area contributed by atoms with E-state index in [1.54, 1.807) is 9.80 Å². The van der Waals surface area contributed by atoms with Crippen LogP contribution in [0.1, 0.15) is 6.92 Å². The molecule has 1 rings (SSSR count). The molecular weight excluding hydrogens is 368 g/mol. The second-order valence-electron chi connectivity index (χ2n) is 7.16. The van der Waals surface area contributed by atoms with Crippen molar-refractivity contribution in [3.05, 3.63) is 12.3 Å². The van der Waals surface area contributed by atoms with Gasteiger partial charge in [0.25, 0.3) is 0 Å². The van der Waals surface area contributed by atoms with E-state index >= 15 is 0 Å². The molecule has 0 saturated carbocycles. The molecule has 0 unspecified atom stereocenters. The molecule has 10 nitrogen and oxygen atoms in total. The summed E-state index contributed by atoms with van der Waals surface area (Å²) in [6, 6.07) is 0. The molecule has 10 heteroatoms. The van der Waals surface area contributed by atoms with Crippen LogP contribution in [0.2, 0.25) is 0 Å². The molecule has 0 aliphatic carbocycles. The monoisotopic (exact) mass is 400 g/mol. The second kappa shape index (κ2) is 12.4. The molecule has 0 radical (unpaired) electrons. The first-order valence-corrected chi connectivity index (χ1v) is 9.35. The fraction of sp³-hybridized carbons (Fsp3) is 0.722. The molecule has 1 aliphatic rings. The Morgan fingerprint density at radius 2 is 0.929 bits per heavy atom. The standard InChI is InChI=1S/C18H32N4O6/c1-15(23)11-19-3-7-21(13-17(25)26)9-5-20(12-16(2)24)6-10-22(8-4-19)14-18(27)28/h23H,1,3-14H2,2H3,(H,25,26)(H,27,28). The molecule has 0 aromatic heterocycles. The predicted octanol–water partition coefficient (Wildman–Crippen LogP) is -0.962. The van der Waals surface area contributed by atoms with E-state index in [1.165, 1.54) is 6.92 Å². The minimum absolute atomic E-state index is 0.00861. The zero-order valence-electron chi connectivity index (χ0n) is 16.5. The van der Waals surface area contributed by atoms with Gasteiger partial charge in [-0.15, -0.1) is 0 Å². The van der Waals surface area contributed by atoms with E-state index in [1.807, 2.05) is 9.80 Å². The lowest BCUT2D eigenvalue weighted by molar-refractivity contribution is -0.139. The molecular formula is C18H32N4O6. The zero-order valence-corrected chi connectivity index (χ0v) is 16.5. The van der Waals surface area contributed by atoms with Gasteiger partial charge >= 0.3 is 11.9 Å². The van der Waals surface area contributed by atoms with Crippen molar-refractivity contribution in [2.75, 3.05) is 78.5 Å². The summed E-state index contributed by atoms with van der Waals surface area (Å²) in [5.41, 5.74) is 0. The van der Waals surface area contributed by atoms with Crippen molar-refractivity contribution in [1.29, 1.82) is 0 Å². The lowest BCUT2D eigenvalue weighted by Gasteiger charge is -2.33. The highest BCUT2D eigenvalue weighted by molar-refractivity contribution is 5.77. The fourth-order valence-electron chi connectivity index (χ4n) is 3.17. The molecule has 1 fully saturated rings. The first-order chi connectivity index (χ1) is 13.2. The summed E-state index contributed by atoms with van der Waals surface area (Å²) in [4.78, 5) is 41.4. The normalized spacial score (nSPS) is 19.5. The van der Waals surface area contributed by atoms with Crippen LogP contribution < -0.4 is 0 Å². The molecule has 0 spiro atoms. The molecule has 0 bridgehead atoms. The third kappa shape index (κ3) is 11.0. The van der Waals surface area contributed by atoms with Gasteiger partial charge in [0.15, 0.2) is 0 Å². The van der Waals surface area contributed by atoms with E-state index < -0.39 is 11.9 Å². The summed E-state index contributed by atoms with van der Waals surface area (Å²) in [6.07, 6.45) is 0. The average Bonchev–Trinajstić information content (AvgIpc) is 2.55. The van der Waals surface area contributed by atoms with Crippen LogP contribution in [0.15, 0.2) is 12.3 Å². The number of aliphatic carboxylic acids is 2. The molecule has 1 saturated heterocycles. The van der Waals surface area contributed by atoms with Crippen LogP contribution in [-0.2, 0) is 14.4 Å². The van der Waals surface area contributed by atoms with Crippen molar-refractivity contribution in [3.63, 3.8) is 0 Å². The summed E-state index contributed by atoms with van der Waals surface area (Å²) in [5.74, 6) is -1.82. The van der Waals surface area contributed by atoms with Gasteiger partial charge in [0.2, 0.25) is 0 Å². The number of hydrogen-bond donors (Lipinski definition) is 3. The van der Waals surface area contributed by atoms with Crippen molar-refractivity contribution in [3.8, 4) is 0 Å². The fourth-order valence-corrected chi connectivity index (χ4v) is 3.17. The maximum atomic E-state index is 11.6. The topological polar surface area (TPSA) is 125 Å². The van der Waals surface area contributed by atoms with Crippen LogP contribution in [0.5, 0.6) is 0 Å². The third-order valence-electron chi connectivity index (χ3n) is 4.50. The number of rotatable bonds is 8. The van der Waals surface area contributed by atoms with Crippen LogP contribution in [0, 0.1) is 0 Å². The summed E-state index contributed by atoms with van der Waals surface area (Å²) < 4.78 is 0. The minimum Gasteiger partial charge on any atom is -0.512 e. The Kier molecular flexibility index (Phi) is 10.7. The molecule has 0 aromatic rings. The van der Waals surface area contributed by atoms with Gasteiger partial charge in [0.05, 0.1) is 31.9 Å². The minimum atomic E-state index is -0.920. The number of carbonyl (C=O) groups is 3. The molecule has 28 heavy (non-hydrogen) atoms. The number of carboxylic acid groups (broad SMARTS) is 2. The van der Waals surface area contributed by atoms with E-state index in [0.717, 1.165) is 0 Å². The van der Waals surface area contributed by atoms with Crippen LogP contribution in [0.25, 0.3) is 0 Å². The molecule has 0 amide bonds. The first-order valence-electron chi connectivity index (χ1n) is 9.35. The molecule has 1 heterocycles. The lowest BCUT2D eigenvalue weighted by Crippen LogP contribution is -2.48. The number of Topliss-reactive ketones (excluding diaryl/α,β-unsaturated/α-hetero) is 1. The van der Waals surface area contributed by atoms with E-state index in [2.05, 4.69) is 6.58 Å².